The maximum atomic E-state index is 12.6. The molecule has 0 spiro atoms. The molecule has 0 heterocycles. The fourth-order valence-corrected chi connectivity index (χ4v) is 4.28. The van der Waals surface area contributed by atoms with E-state index in [4.69, 9.17) is 0 Å². The van der Waals surface area contributed by atoms with Crippen molar-refractivity contribution in [3.63, 3.8) is 0 Å². The van der Waals surface area contributed by atoms with Gasteiger partial charge in [-0.3, -0.25) is 0 Å². The molecule has 0 fully saturated rings. The third-order valence-corrected chi connectivity index (χ3v) is 5.40. The Labute approximate surface area is 125 Å². The van der Waals surface area contributed by atoms with Gasteiger partial charge in [-0.05, 0) is 36.1 Å². The Balaban J connectivity index is 1.82. The van der Waals surface area contributed by atoms with Crippen LogP contribution >= 0.6 is 0 Å². The summed E-state index contributed by atoms with van der Waals surface area (Å²) < 4.78 is 28.0. The number of sulfonamides is 1. The molecule has 0 unspecified atom stereocenters. The minimum absolute atomic E-state index is 0.0719. The first kappa shape index (κ1) is 14.1. The minimum atomic E-state index is -3.52. The highest BCUT2D eigenvalue weighted by Crippen LogP contribution is 2.25. The zero-order valence-electron chi connectivity index (χ0n) is 11.8. The quantitative estimate of drug-likeness (QED) is 0.910. The van der Waals surface area contributed by atoms with Crippen LogP contribution in [0.2, 0.25) is 0 Å². The van der Waals surface area contributed by atoms with Gasteiger partial charge in [0.1, 0.15) is 4.90 Å². The fraction of sp³-hybridized carbons (Fsp3) is 0.250. The highest BCUT2D eigenvalue weighted by Gasteiger charge is 2.27. The first-order chi connectivity index (χ1) is 10.1. The van der Waals surface area contributed by atoms with Crippen LogP contribution in [0.5, 0.6) is 0 Å². The number of nitrogens with one attached hydrogen (secondary N) is 2. The van der Waals surface area contributed by atoms with Gasteiger partial charge in [-0.25, -0.2) is 13.1 Å². The molecule has 0 amide bonds. The Bertz CT molecular complexity index is 731. The van der Waals surface area contributed by atoms with Crippen LogP contribution in [0.4, 0.5) is 5.69 Å². The van der Waals surface area contributed by atoms with Crippen LogP contribution in [0.3, 0.4) is 0 Å². The van der Waals surface area contributed by atoms with E-state index in [0.29, 0.717) is 10.6 Å². The average Bonchev–Trinajstić information content (AvgIpc) is 2.88. The molecule has 4 nitrogen and oxygen atoms in total. The van der Waals surface area contributed by atoms with E-state index in [-0.39, 0.29) is 6.04 Å². The molecule has 0 saturated carbocycles. The van der Waals surface area contributed by atoms with Gasteiger partial charge in [0.15, 0.2) is 0 Å². The summed E-state index contributed by atoms with van der Waals surface area (Å²) in [6, 6.07) is 15.0. The van der Waals surface area contributed by atoms with E-state index in [9.17, 15) is 8.42 Å². The van der Waals surface area contributed by atoms with Gasteiger partial charge in [-0.15, -0.1) is 0 Å². The summed E-state index contributed by atoms with van der Waals surface area (Å²) in [5, 5.41) is 2.92. The van der Waals surface area contributed by atoms with Crippen molar-refractivity contribution in [2.75, 3.05) is 12.4 Å². The Morgan fingerprint density at radius 3 is 2.14 bits per heavy atom. The summed E-state index contributed by atoms with van der Waals surface area (Å²) in [5.74, 6) is 0. The van der Waals surface area contributed by atoms with Gasteiger partial charge in [-0.1, -0.05) is 36.4 Å². The zero-order chi connectivity index (χ0) is 14.9. The normalized spacial score (nSPS) is 14.9. The first-order valence-corrected chi connectivity index (χ1v) is 8.44. The lowest BCUT2D eigenvalue weighted by Crippen LogP contribution is -2.35. The standard InChI is InChI=1S/C16H18N2O2S/c1-17-15-8-4-5-9-16(15)21(19,20)18-14-10-12-6-2-3-7-13(12)11-14/h2-9,14,17-18H,10-11H2,1H3. The molecular weight excluding hydrogens is 284 g/mol. The summed E-state index contributed by atoms with van der Waals surface area (Å²) in [6.07, 6.45) is 1.49. The maximum Gasteiger partial charge on any atom is 0.242 e. The second-order valence-corrected chi connectivity index (χ2v) is 6.92. The minimum Gasteiger partial charge on any atom is -0.387 e. The SMILES string of the molecule is CNc1ccccc1S(=O)(=O)NC1Cc2ccccc2C1. The predicted octanol–water partition coefficient (Wildman–Crippen LogP) is 2.17. The van der Waals surface area contributed by atoms with Crippen LogP contribution in [-0.2, 0) is 22.9 Å². The van der Waals surface area contributed by atoms with Gasteiger partial charge in [0.05, 0.1) is 5.69 Å². The van der Waals surface area contributed by atoms with Crippen molar-refractivity contribution in [3.8, 4) is 0 Å². The molecule has 3 rings (SSSR count). The molecule has 21 heavy (non-hydrogen) atoms. The molecule has 2 N–H and O–H groups in total. The van der Waals surface area contributed by atoms with Gasteiger partial charge in [0.25, 0.3) is 0 Å². The summed E-state index contributed by atoms with van der Waals surface area (Å²) in [6.45, 7) is 0. The van der Waals surface area contributed by atoms with Crippen molar-refractivity contribution in [1.29, 1.82) is 0 Å². The van der Waals surface area contributed by atoms with Gasteiger partial charge >= 0.3 is 0 Å². The van der Waals surface area contributed by atoms with Crippen molar-refractivity contribution < 1.29 is 8.42 Å². The van der Waals surface area contributed by atoms with E-state index in [2.05, 4.69) is 22.2 Å². The summed E-state index contributed by atoms with van der Waals surface area (Å²) in [4.78, 5) is 0.295. The van der Waals surface area contributed by atoms with Gasteiger partial charge in [-0.2, -0.15) is 0 Å². The lowest BCUT2D eigenvalue weighted by atomic mass is 10.1. The van der Waals surface area contributed by atoms with Gasteiger partial charge in [0, 0.05) is 13.1 Å². The molecule has 0 saturated heterocycles. The van der Waals surface area contributed by atoms with Crippen LogP contribution in [-0.4, -0.2) is 21.5 Å². The number of rotatable bonds is 4. The van der Waals surface area contributed by atoms with Crippen molar-refractivity contribution in [3.05, 3.63) is 59.7 Å². The van der Waals surface area contributed by atoms with E-state index >= 15 is 0 Å². The summed E-state index contributed by atoms with van der Waals surface area (Å²) >= 11 is 0. The summed E-state index contributed by atoms with van der Waals surface area (Å²) in [5.41, 5.74) is 3.07. The predicted molar refractivity (Wildman–Crippen MR) is 83.9 cm³/mol. The van der Waals surface area contributed by atoms with Crippen LogP contribution in [0, 0.1) is 0 Å². The van der Waals surface area contributed by atoms with E-state index in [1.165, 1.54) is 11.1 Å². The second-order valence-electron chi connectivity index (χ2n) is 5.24. The summed E-state index contributed by atoms with van der Waals surface area (Å²) in [7, 11) is -1.79. The second kappa shape index (κ2) is 5.50. The van der Waals surface area contributed by atoms with Crippen molar-refractivity contribution in [1.82, 2.24) is 4.72 Å². The molecular formula is C16H18N2O2S. The number of hydrogen-bond acceptors (Lipinski definition) is 3. The van der Waals surface area contributed by atoms with Crippen molar-refractivity contribution in [2.24, 2.45) is 0 Å². The maximum absolute atomic E-state index is 12.6. The topological polar surface area (TPSA) is 58.2 Å². The molecule has 0 aromatic heterocycles. The molecule has 2 aromatic rings. The van der Waals surface area contributed by atoms with Gasteiger partial charge in [0.2, 0.25) is 10.0 Å². The molecule has 5 heteroatoms. The monoisotopic (exact) mass is 302 g/mol. The number of hydrogen-bond donors (Lipinski definition) is 2. The number of para-hydroxylation sites is 1. The Hall–Kier alpha value is -1.85. The Morgan fingerprint density at radius 1 is 0.952 bits per heavy atom. The molecule has 0 bridgehead atoms. The first-order valence-electron chi connectivity index (χ1n) is 6.96. The van der Waals surface area contributed by atoms with Gasteiger partial charge < -0.3 is 5.32 Å². The molecule has 110 valence electrons. The fourth-order valence-electron chi connectivity index (χ4n) is 2.83. The number of anilines is 1. The lowest BCUT2D eigenvalue weighted by Gasteiger charge is -2.15. The Kier molecular flexibility index (Phi) is 3.69. The van der Waals surface area contributed by atoms with Crippen molar-refractivity contribution in [2.45, 2.75) is 23.8 Å². The zero-order valence-corrected chi connectivity index (χ0v) is 12.7. The molecule has 0 atom stereocenters. The molecule has 1 aliphatic rings. The van der Waals surface area contributed by atoms with Crippen LogP contribution < -0.4 is 10.0 Å². The van der Waals surface area contributed by atoms with E-state index in [1.807, 2.05) is 18.2 Å². The van der Waals surface area contributed by atoms with E-state index in [1.54, 1.807) is 25.2 Å². The van der Waals surface area contributed by atoms with E-state index < -0.39 is 10.0 Å². The van der Waals surface area contributed by atoms with E-state index in [0.717, 1.165) is 12.8 Å². The highest BCUT2D eigenvalue weighted by atomic mass is 32.2. The Morgan fingerprint density at radius 2 is 1.52 bits per heavy atom. The van der Waals surface area contributed by atoms with Crippen LogP contribution in [0.25, 0.3) is 0 Å². The third kappa shape index (κ3) is 2.80. The smallest absolute Gasteiger partial charge is 0.242 e. The van der Waals surface area contributed by atoms with Crippen LogP contribution in [0.15, 0.2) is 53.4 Å². The number of benzene rings is 2. The average molecular weight is 302 g/mol. The number of fused-ring (bicyclic) bond motifs is 1. The molecule has 0 aliphatic heterocycles. The molecule has 1 aliphatic carbocycles. The van der Waals surface area contributed by atoms with Crippen molar-refractivity contribution >= 4 is 15.7 Å². The largest absolute Gasteiger partial charge is 0.387 e. The van der Waals surface area contributed by atoms with Crippen LogP contribution in [0.1, 0.15) is 11.1 Å². The lowest BCUT2D eigenvalue weighted by molar-refractivity contribution is 0.556. The molecule has 2 aromatic carbocycles. The highest BCUT2D eigenvalue weighted by molar-refractivity contribution is 7.89. The third-order valence-electron chi connectivity index (χ3n) is 3.82. The molecule has 0 radical (unpaired) electrons.